The largest absolute Gasteiger partial charge is 0.457 e. The first kappa shape index (κ1) is 16.5. The van der Waals surface area contributed by atoms with E-state index in [1.807, 2.05) is 43.5 Å². The number of nitrogens with zero attached hydrogens (tertiary/aromatic N) is 3. The Morgan fingerprint density at radius 3 is 2.77 bits per heavy atom. The Hall–Kier alpha value is -2.99. The summed E-state index contributed by atoms with van der Waals surface area (Å²) in [5, 5.41) is 7.55. The predicted molar refractivity (Wildman–Crippen MR) is 102 cm³/mol. The zero-order valence-corrected chi connectivity index (χ0v) is 15.3. The lowest BCUT2D eigenvalue weighted by molar-refractivity contribution is 0.0474. The Balaban J connectivity index is 1.47. The minimum atomic E-state index is -0.382. The number of thiophene rings is 1. The van der Waals surface area contributed by atoms with Crippen LogP contribution in [0.4, 0.5) is 0 Å². The van der Waals surface area contributed by atoms with Crippen LogP contribution in [-0.2, 0) is 11.3 Å². The van der Waals surface area contributed by atoms with Crippen LogP contribution in [0.15, 0.2) is 54.0 Å². The fourth-order valence-electron chi connectivity index (χ4n) is 2.86. The highest BCUT2D eigenvalue weighted by Gasteiger charge is 2.12. The summed E-state index contributed by atoms with van der Waals surface area (Å²) >= 11 is 1.65. The van der Waals surface area contributed by atoms with Crippen molar-refractivity contribution in [1.82, 2.24) is 14.8 Å². The predicted octanol–water partition coefficient (Wildman–Crippen LogP) is 4.46. The van der Waals surface area contributed by atoms with Crippen LogP contribution in [0.2, 0.25) is 0 Å². The summed E-state index contributed by atoms with van der Waals surface area (Å²) in [5.74, 6) is 0.295. The Kier molecular flexibility index (Phi) is 4.26. The fraction of sp³-hybridized carbons (Fsp3) is 0.150. The summed E-state index contributed by atoms with van der Waals surface area (Å²) in [4.78, 5) is 16.7. The van der Waals surface area contributed by atoms with Gasteiger partial charge in [0.15, 0.2) is 5.82 Å². The highest BCUT2D eigenvalue weighted by molar-refractivity contribution is 7.17. The molecule has 26 heavy (non-hydrogen) atoms. The summed E-state index contributed by atoms with van der Waals surface area (Å²) in [5.41, 5.74) is 3.37. The van der Waals surface area contributed by atoms with Crippen LogP contribution >= 0.6 is 11.3 Å². The van der Waals surface area contributed by atoms with Crippen LogP contribution in [0.5, 0.6) is 0 Å². The third kappa shape index (κ3) is 3.11. The summed E-state index contributed by atoms with van der Waals surface area (Å²) in [6, 6.07) is 13.6. The van der Waals surface area contributed by atoms with Crippen LogP contribution in [0.1, 0.15) is 27.3 Å². The third-order valence-corrected chi connectivity index (χ3v) is 5.14. The highest BCUT2D eigenvalue weighted by Crippen LogP contribution is 2.26. The number of rotatable bonds is 4. The lowest BCUT2D eigenvalue weighted by Gasteiger charge is -2.06. The van der Waals surface area contributed by atoms with Crippen molar-refractivity contribution in [3.8, 4) is 5.82 Å². The van der Waals surface area contributed by atoms with E-state index < -0.39 is 0 Å². The number of ether oxygens (including phenoxy) is 1. The van der Waals surface area contributed by atoms with E-state index in [-0.39, 0.29) is 12.6 Å². The lowest BCUT2D eigenvalue weighted by atomic mass is 10.2. The topological polar surface area (TPSA) is 57.0 Å². The van der Waals surface area contributed by atoms with Gasteiger partial charge in [0.25, 0.3) is 0 Å². The van der Waals surface area contributed by atoms with Gasteiger partial charge in [-0.3, -0.25) is 0 Å². The smallest absolute Gasteiger partial charge is 0.340 e. The quantitative estimate of drug-likeness (QED) is 0.503. The summed E-state index contributed by atoms with van der Waals surface area (Å²) in [7, 11) is 0. The van der Waals surface area contributed by atoms with Gasteiger partial charge in [-0.15, -0.1) is 11.3 Å². The SMILES string of the molecule is Cc1cc(C)n(-c2ccc(C(=O)OCc3csc4ccccc34)cn2)n1. The number of carbonyl (C=O) groups excluding carboxylic acids is 1. The molecule has 0 saturated heterocycles. The van der Waals surface area contributed by atoms with Crippen LogP contribution < -0.4 is 0 Å². The second-order valence-electron chi connectivity index (χ2n) is 6.08. The zero-order chi connectivity index (χ0) is 18.1. The molecule has 0 atom stereocenters. The molecule has 1 aromatic carbocycles. The van der Waals surface area contributed by atoms with Crippen molar-refractivity contribution >= 4 is 27.4 Å². The molecule has 4 aromatic rings. The molecular weight excluding hydrogens is 346 g/mol. The number of esters is 1. The van der Waals surface area contributed by atoms with E-state index in [0.29, 0.717) is 11.4 Å². The standard InChI is InChI=1S/C20H17N3O2S/c1-13-9-14(2)23(22-13)19-8-7-15(10-21-19)20(24)25-11-16-12-26-18-6-4-3-5-17(16)18/h3-10,12H,11H2,1-2H3. The molecule has 0 spiro atoms. The van der Waals surface area contributed by atoms with Gasteiger partial charge in [0.05, 0.1) is 11.3 Å². The molecule has 3 heterocycles. The number of carbonyl (C=O) groups is 1. The second-order valence-corrected chi connectivity index (χ2v) is 6.99. The fourth-order valence-corrected chi connectivity index (χ4v) is 3.81. The van der Waals surface area contributed by atoms with Gasteiger partial charge < -0.3 is 4.74 Å². The first-order valence-electron chi connectivity index (χ1n) is 8.24. The number of hydrogen-bond donors (Lipinski definition) is 0. The van der Waals surface area contributed by atoms with E-state index in [9.17, 15) is 4.79 Å². The molecule has 4 rings (SSSR count). The molecule has 6 heteroatoms. The van der Waals surface area contributed by atoms with Crippen LogP contribution in [0, 0.1) is 13.8 Å². The van der Waals surface area contributed by atoms with Crippen molar-refractivity contribution in [3.05, 3.63) is 76.6 Å². The van der Waals surface area contributed by atoms with Gasteiger partial charge in [-0.25, -0.2) is 14.5 Å². The maximum absolute atomic E-state index is 12.3. The lowest BCUT2D eigenvalue weighted by Crippen LogP contribution is -2.07. The average Bonchev–Trinajstić information content (AvgIpc) is 3.22. The van der Waals surface area contributed by atoms with E-state index in [1.165, 1.54) is 10.9 Å². The van der Waals surface area contributed by atoms with Crippen molar-refractivity contribution in [2.24, 2.45) is 0 Å². The van der Waals surface area contributed by atoms with Crippen molar-refractivity contribution in [3.63, 3.8) is 0 Å². The Labute approximate surface area is 154 Å². The molecule has 130 valence electrons. The number of benzene rings is 1. The molecule has 0 aliphatic rings. The van der Waals surface area contributed by atoms with Gasteiger partial charge in [-0.2, -0.15) is 5.10 Å². The van der Waals surface area contributed by atoms with Crippen LogP contribution in [0.25, 0.3) is 15.9 Å². The van der Waals surface area contributed by atoms with Crippen molar-refractivity contribution in [2.75, 3.05) is 0 Å². The van der Waals surface area contributed by atoms with E-state index in [0.717, 1.165) is 22.3 Å². The van der Waals surface area contributed by atoms with Gasteiger partial charge in [0.2, 0.25) is 0 Å². The molecule has 0 fully saturated rings. The van der Waals surface area contributed by atoms with E-state index in [2.05, 4.69) is 16.1 Å². The Morgan fingerprint density at radius 2 is 2.04 bits per heavy atom. The molecule has 3 aromatic heterocycles. The number of pyridine rings is 1. The van der Waals surface area contributed by atoms with Crippen LogP contribution in [-0.4, -0.2) is 20.7 Å². The van der Waals surface area contributed by atoms with Gasteiger partial charge in [0, 0.05) is 22.2 Å². The summed E-state index contributed by atoms with van der Waals surface area (Å²) < 4.78 is 8.40. The normalized spacial score (nSPS) is 11.0. The molecule has 0 N–H and O–H groups in total. The summed E-state index contributed by atoms with van der Waals surface area (Å²) in [6.45, 7) is 4.15. The first-order valence-corrected chi connectivity index (χ1v) is 9.12. The third-order valence-electron chi connectivity index (χ3n) is 4.13. The van der Waals surface area contributed by atoms with Gasteiger partial charge in [-0.1, -0.05) is 18.2 Å². The Morgan fingerprint density at radius 1 is 1.19 bits per heavy atom. The minimum absolute atomic E-state index is 0.252. The molecule has 5 nitrogen and oxygen atoms in total. The molecule has 0 radical (unpaired) electrons. The Bertz CT molecular complexity index is 1080. The van der Waals surface area contributed by atoms with Gasteiger partial charge in [-0.05, 0) is 48.9 Å². The maximum atomic E-state index is 12.3. The van der Waals surface area contributed by atoms with Gasteiger partial charge >= 0.3 is 5.97 Å². The van der Waals surface area contributed by atoms with Gasteiger partial charge in [0.1, 0.15) is 6.61 Å². The molecular formula is C20H17N3O2S. The molecule has 0 saturated carbocycles. The molecule has 0 aliphatic carbocycles. The van der Waals surface area contributed by atoms with E-state index in [1.54, 1.807) is 28.2 Å². The number of fused-ring (bicyclic) bond motifs is 1. The number of aromatic nitrogens is 3. The maximum Gasteiger partial charge on any atom is 0.340 e. The molecule has 0 aliphatic heterocycles. The van der Waals surface area contributed by atoms with Crippen molar-refractivity contribution in [2.45, 2.75) is 20.5 Å². The van der Waals surface area contributed by atoms with Crippen LogP contribution in [0.3, 0.4) is 0 Å². The molecule has 0 bridgehead atoms. The monoisotopic (exact) mass is 363 g/mol. The zero-order valence-electron chi connectivity index (χ0n) is 14.5. The van der Waals surface area contributed by atoms with Crippen molar-refractivity contribution < 1.29 is 9.53 Å². The molecule has 0 unspecified atom stereocenters. The highest BCUT2D eigenvalue weighted by atomic mass is 32.1. The average molecular weight is 363 g/mol. The van der Waals surface area contributed by atoms with Crippen molar-refractivity contribution in [1.29, 1.82) is 0 Å². The minimum Gasteiger partial charge on any atom is -0.457 e. The number of hydrogen-bond acceptors (Lipinski definition) is 5. The first-order chi connectivity index (χ1) is 12.6. The molecule has 0 amide bonds. The second kappa shape index (κ2) is 6.72. The number of aryl methyl sites for hydroxylation is 2. The van der Waals surface area contributed by atoms with E-state index >= 15 is 0 Å². The summed E-state index contributed by atoms with van der Waals surface area (Å²) in [6.07, 6.45) is 1.53. The van der Waals surface area contributed by atoms with E-state index in [4.69, 9.17) is 4.74 Å².